The molecule has 1 rings (SSSR count). The Morgan fingerprint density at radius 1 is 1.29 bits per heavy atom. The van der Waals surface area contributed by atoms with E-state index in [1.54, 1.807) is 0 Å². The van der Waals surface area contributed by atoms with Gasteiger partial charge in [-0.1, -0.05) is 6.07 Å². The molecule has 5 nitrogen and oxygen atoms in total. The van der Waals surface area contributed by atoms with Crippen LogP contribution in [-0.4, -0.2) is 26.4 Å². The van der Waals surface area contributed by atoms with Crippen molar-refractivity contribution in [3.05, 3.63) is 22.2 Å². The number of hydrogen-bond acceptors (Lipinski definition) is 4. The van der Waals surface area contributed by atoms with E-state index in [1.807, 2.05) is 0 Å². The number of hydrogen-bond donors (Lipinski definition) is 4. The van der Waals surface area contributed by atoms with E-state index in [1.165, 1.54) is 12.1 Å². The lowest BCUT2D eigenvalue weighted by Gasteiger charge is -2.09. The summed E-state index contributed by atoms with van der Waals surface area (Å²) < 4.78 is 0.219. The van der Waals surface area contributed by atoms with Crippen molar-refractivity contribution in [2.45, 2.75) is 6.10 Å². The highest BCUT2D eigenvalue weighted by Crippen LogP contribution is 2.38. The lowest BCUT2D eigenvalue weighted by molar-refractivity contribution is -0.147. The molecule has 0 saturated carbocycles. The smallest absolute Gasteiger partial charge is 0.337 e. The van der Waals surface area contributed by atoms with Gasteiger partial charge < -0.3 is 20.4 Å². The normalized spacial score (nSPS) is 12.4. The maximum atomic E-state index is 10.4. The topological polar surface area (TPSA) is 98.0 Å². The molecule has 4 N–H and O–H groups in total. The molecule has 0 radical (unpaired) electrons. The van der Waals surface area contributed by atoms with Crippen LogP contribution >= 0.6 is 15.9 Å². The average Bonchev–Trinajstić information content (AvgIpc) is 2.13. The van der Waals surface area contributed by atoms with Crippen LogP contribution in [0.5, 0.6) is 11.5 Å². The monoisotopic (exact) mass is 262 g/mol. The molecule has 6 heteroatoms. The zero-order valence-electron chi connectivity index (χ0n) is 6.81. The molecule has 0 spiro atoms. The summed E-state index contributed by atoms with van der Waals surface area (Å²) in [6, 6.07) is 2.54. The molecule has 0 amide bonds. The van der Waals surface area contributed by atoms with Gasteiger partial charge in [0.25, 0.3) is 0 Å². The van der Waals surface area contributed by atoms with E-state index in [-0.39, 0.29) is 10.0 Å². The largest absolute Gasteiger partial charge is 0.504 e. The maximum Gasteiger partial charge on any atom is 0.337 e. The van der Waals surface area contributed by atoms with Crippen LogP contribution in [-0.2, 0) is 4.79 Å². The van der Waals surface area contributed by atoms with Crippen molar-refractivity contribution in [1.82, 2.24) is 0 Å². The van der Waals surface area contributed by atoms with Crippen molar-refractivity contribution >= 4 is 21.9 Å². The number of carboxylic acids is 1. The minimum Gasteiger partial charge on any atom is -0.504 e. The van der Waals surface area contributed by atoms with Crippen LogP contribution in [0.2, 0.25) is 0 Å². The van der Waals surface area contributed by atoms with Crippen molar-refractivity contribution in [2.75, 3.05) is 0 Å². The van der Waals surface area contributed by atoms with Crippen LogP contribution in [0.1, 0.15) is 11.7 Å². The zero-order chi connectivity index (χ0) is 10.9. The first-order valence-corrected chi connectivity index (χ1v) is 4.35. The summed E-state index contributed by atoms with van der Waals surface area (Å²) in [5, 5.41) is 36.1. The molecule has 0 heterocycles. The minimum atomic E-state index is -1.85. The SMILES string of the molecule is O=C(O)C(O)c1ccc(Br)c(O)c1O. The quantitative estimate of drug-likeness (QED) is 0.596. The molecular weight excluding hydrogens is 256 g/mol. The molecule has 1 aromatic carbocycles. The highest BCUT2D eigenvalue weighted by Gasteiger charge is 2.22. The number of phenolic OH excluding ortho intramolecular Hbond substituents is 2. The molecular formula is C8H7BrO5. The molecule has 76 valence electrons. The Morgan fingerprint density at radius 3 is 2.36 bits per heavy atom. The van der Waals surface area contributed by atoms with Crippen molar-refractivity contribution in [1.29, 1.82) is 0 Å². The van der Waals surface area contributed by atoms with E-state index in [0.29, 0.717) is 0 Å². The number of aliphatic hydroxyl groups excluding tert-OH is 1. The number of benzene rings is 1. The number of carboxylic acid groups (broad SMARTS) is 1. The summed E-state index contributed by atoms with van der Waals surface area (Å²) in [5.74, 6) is -2.64. The van der Waals surface area contributed by atoms with E-state index in [4.69, 9.17) is 10.2 Å². The standard InChI is InChI=1S/C8H7BrO5/c9-4-2-1-3(5(10)7(4)12)6(11)8(13)14/h1-2,6,10-12H,(H,13,14). The van der Waals surface area contributed by atoms with Crippen LogP contribution < -0.4 is 0 Å². The molecule has 0 saturated heterocycles. The van der Waals surface area contributed by atoms with Crippen LogP contribution in [0.4, 0.5) is 0 Å². The molecule has 14 heavy (non-hydrogen) atoms. The van der Waals surface area contributed by atoms with Gasteiger partial charge in [0.2, 0.25) is 0 Å². The Labute approximate surface area is 87.4 Å². The van der Waals surface area contributed by atoms with Gasteiger partial charge in [-0.05, 0) is 22.0 Å². The van der Waals surface area contributed by atoms with Crippen LogP contribution in [0, 0.1) is 0 Å². The first kappa shape index (κ1) is 10.8. The van der Waals surface area contributed by atoms with E-state index in [9.17, 15) is 15.0 Å². The summed E-state index contributed by atoms with van der Waals surface area (Å²) in [4.78, 5) is 10.4. The second-order valence-corrected chi connectivity index (χ2v) is 3.43. The van der Waals surface area contributed by atoms with Gasteiger partial charge in [0, 0.05) is 5.56 Å². The van der Waals surface area contributed by atoms with Crippen molar-refractivity contribution in [3.63, 3.8) is 0 Å². The predicted molar refractivity (Wildman–Crippen MR) is 50.1 cm³/mol. The highest BCUT2D eigenvalue weighted by molar-refractivity contribution is 9.10. The maximum absolute atomic E-state index is 10.4. The third kappa shape index (κ3) is 1.80. The minimum absolute atomic E-state index is 0.219. The summed E-state index contributed by atoms with van der Waals surface area (Å²) >= 11 is 2.93. The third-order valence-corrected chi connectivity index (χ3v) is 2.30. The van der Waals surface area contributed by atoms with E-state index < -0.39 is 23.6 Å². The molecule has 0 fully saturated rings. The average molecular weight is 263 g/mol. The summed E-state index contributed by atoms with van der Waals surface area (Å²) in [6.07, 6.45) is -1.85. The van der Waals surface area contributed by atoms with Gasteiger partial charge in [-0.2, -0.15) is 0 Å². The predicted octanol–water partition coefficient (Wildman–Crippen LogP) is 0.978. The first-order valence-electron chi connectivity index (χ1n) is 3.56. The fourth-order valence-electron chi connectivity index (χ4n) is 0.924. The number of phenols is 2. The molecule has 0 aliphatic carbocycles. The van der Waals surface area contributed by atoms with Crippen molar-refractivity contribution in [2.24, 2.45) is 0 Å². The number of rotatable bonds is 2. The van der Waals surface area contributed by atoms with E-state index >= 15 is 0 Å². The fraction of sp³-hybridized carbons (Fsp3) is 0.125. The number of carbonyl (C=O) groups is 1. The van der Waals surface area contributed by atoms with Crippen molar-refractivity contribution < 1.29 is 25.2 Å². The molecule has 0 aliphatic rings. The Kier molecular flexibility index (Phi) is 2.97. The second-order valence-electron chi connectivity index (χ2n) is 2.57. The van der Waals surface area contributed by atoms with Gasteiger partial charge in [-0.15, -0.1) is 0 Å². The van der Waals surface area contributed by atoms with Crippen LogP contribution in [0.3, 0.4) is 0 Å². The molecule has 0 aromatic heterocycles. The molecule has 1 atom stereocenters. The Morgan fingerprint density at radius 2 is 1.86 bits per heavy atom. The van der Waals surface area contributed by atoms with Gasteiger partial charge in [0.05, 0.1) is 4.47 Å². The summed E-state index contributed by atoms with van der Waals surface area (Å²) in [6.45, 7) is 0. The lowest BCUT2D eigenvalue weighted by atomic mass is 10.1. The Bertz CT molecular complexity index is 376. The number of aromatic hydroxyl groups is 2. The molecule has 1 unspecified atom stereocenters. The van der Waals surface area contributed by atoms with Gasteiger partial charge >= 0.3 is 5.97 Å². The van der Waals surface area contributed by atoms with Gasteiger partial charge in [-0.3, -0.25) is 0 Å². The lowest BCUT2D eigenvalue weighted by Crippen LogP contribution is -2.10. The Hall–Kier alpha value is -1.27. The highest BCUT2D eigenvalue weighted by atomic mass is 79.9. The Balaban J connectivity index is 3.24. The van der Waals surface area contributed by atoms with Gasteiger partial charge in [-0.25, -0.2) is 4.79 Å². The number of halogens is 1. The van der Waals surface area contributed by atoms with Crippen LogP contribution in [0.15, 0.2) is 16.6 Å². The first-order chi connectivity index (χ1) is 6.45. The molecule has 0 aliphatic heterocycles. The molecule has 1 aromatic rings. The van der Waals surface area contributed by atoms with E-state index in [0.717, 1.165) is 0 Å². The zero-order valence-corrected chi connectivity index (χ0v) is 8.39. The fourth-order valence-corrected chi connectivity index (χ4v) is 1.24. The number of aliphatic carboxylic acids is 1. The summed E-state index contributed by atoms with van der Waals surface area (Å²) in [5.41, 5.74) is -0.252. The van der Waals surface area contributed by atoms with Crippen molar-refractivity contribution in [3.8, 4) is 11.5 Å². The van der Waals surface area contributed by atoms with Gasteiger partial charge in [0.1, 0.15) is 0 Å². The molecule has 0 bridgehead atoms. The van der Waals surface area contributed by atoms with Gasteiger partial charge in [0.15, 0.2) is 17.6 Å². The van der Waals surface area contributed by atoms with E-state index in [2.05, 4.69) is 15.9 Å². The third-order valence-electron chi connectivity index (χ3n) is 1.66. The second kappa shape index (κ2) is 3.85. The summed E-state index contributed by atoms with van der Waals surface area (Å²) in [7, 11) is 0. The van der Waals surface area contributed by atoms with Crippen LogP contribution in [0.25, 0.3) is 0 Å². The number of aliphatic hydroxyl groups is 1.